The summed E-state index contributed by atoms with van der Waals surface area (Å²) < 4.78 is 40.7. The minimum atomic E-state index is -4.30. The van der Waals surface area contributed by atoms with Crippen molar-refractivity contribution < 1.29 is 22.7 Å². The Kier molecular flexibility index (Phi) is 7.93. The van der Waals surface area contributed by atoms with Gasteiger partial charge in [-0.05, 0) is 13.3 Å². The molecule has 18 heavy (non-hydrogen) atoms. The molecule has 1 unspecified atom stereocenters. The zero-order valence-electron chi connectivity index (χ0n) is 11.0. The molecule has 0 rings (SSSR count). The first-order valence-corrected chi connectivity index (χ1v) is 5.87. The van der Waals surface area contributed by atoms with Gasteiger partial charge in [0.15, 0.2) is 0 Å². The van der Waals surface area contributed by atoms with Crippen molar-refractivity contribution in [2.24, 2.45) is 0 Å². The first kappa shape index (κ1) is 17.2. The molecule has 7 heteroatoms. The largest absolute Gasteiger partial charge is 0.401 e. The summed E-state index contributed by atoms with van der Waals surface area (Å²) >= 11 is 0. The van der Waals surface area contributed by atoms with Crippen molar-refractivity contribution in [1.82, 2.24) is 10.2 Å². The highest BCUT2D eigenvalue weighted by atomic mass is 19.4. The average Bonchev–Trinajstić information content (AvgIpc) is 2.27. The Balaban J connectivity index is 4.20. The predicted octanol–water partition coefficient (Wildman–Crippen LogP) is 1.41. The molecule has 0 bridgehead atoms. The molecule has 0 fully saturated rings. The molecule has 0 spiro atoms. The normalized spacial score (nSPS) is 13.4. The average molecular weight is 270 g/mol. The van der Waals surface area contributed by atoms with Crippen LogP contribution in [0.5, 0.6) is 0 Å². The molecule has 0 saturated carbocycles. The molecule has 0 aliphatic carbocycles. The molecular weight excluding hydrogens is 249 g/mol. The van der Waals surface area contributed by atoms with E-state index in [2.05, 4.69) is 5.32 Å². The van der Waals surface area contributed by atoms with Crippen molar-refractivity contribution in [3.8, 4) is 0 Å². The van der Waals surface area contributed by atoms with E-state index in [-0.39, 0.29) is 18.5 Å². The second-order valence-corrected chi connectivity index (χ2v) is 4.06. The van der Waals surface area contributed by atoms with Gasteiger partial charge in [0.05, 0.1) is 19.7 Å². The molecule has 0 aromatic carbocycles. The number of ether oxygens (including phenoxy) is 1. The number of carbonyl (C=O) groups excluding carboxylic acids is 1. The lowest BCUT2D eigenvalue weighted by Gasteiger charge is -2.28. The number of carbonyl (C=O) groups is 1. The summed E-state index contributed by atoms with van der Waals surface area (Å²) in [5.74, 6) is -0.342. The predicted molar refractivity (Wildman–Crippen MR) is 62.3 cm³/mol. The molecule has 1 atom stereocenters. The fraction of sp³-hybridized carbons (Fsp3) is 0.909. The van der Waals surface area contributed by atoms with Gasteiger partial charge in [0, 0.05) is 19.7 Å². The third kappa shape index (κ3) is 7.50. The van der Waals surface area contributed by atoms with Crippen LogP contribution in [0.1, 0.15) is 20.3 Å². The highest BCUT2D eigenvalue weighted by molar-refractivity contribution is 5.78. The van der Waals surface area contributed by atoms with E-state index >= 15 is 0 Å². The third-order valence-corrected chi connectivity index (χ3v) is 2.58. The number of methoxy groups -OCH3 is 1. The quantitative estimate of drug-likeness (QED) is 0.725. The number of nitrogens with one attached hydrogen (secondary N) is 1. The van der Waals surface area contributed by atoms with E-state index < -0.39 is 12.7 Å². The van der Waals surface area contributed by atoms with Gasteiger partial charge in [-0.3, -0.25) is 4.79 Å². The van der Waals surface area contributed by atoms with E-state index in [1.54, 1.807) is 0 Å². The molecule has 0 aliphatic rings. The second kappa shape index (κ2) is 8.31. The highest BCUT2D eigenvalue weighted by Gasteiger charge is 2.27. The Bertz CT molecular complexity index is 247. The van der Waals surface area contributed by atoms with Crippen LogP contribution in [0, 0.1) is 0 Å². The van der Waals surface area contributed by atoms with Crippen LogP contribution in [0.4, 0.5) is 13.2 Å². The number of alkyl halides is 3. The summed E-state index contributed by atoms with van der Waals surface area (Å²) in [6, 6.07) is -0.0136. The van der Waals surface area contributed by atoms with Gasteiger partial charge in [-0.1, -0.05) is 6.92 Å². The van der Waals surface area contributed by atoms with Crippen LogP contribution in [0.25, 0.3) is 0 Å². The van der Waals surface area contributed by atoms with Gasteiger partial charge in [-0.25, -0.2) is 0 Å². The molecule has 0 radical (unpaired) electrons. The Labute approximate surface area is 105 Å². The first-order valence-electron chi connectivity index (χ1n) is 5.87. The van der Waals surface area contributed by atoms with Gasteiger partial charge in [0.1, 0.15) is 0 Å². The lowest BCUT2D eigenvalue weighted by Crippen LogP contribution is -2.46. The van der Waals surface area contributed by atoms with E-state index in [4.69, 9.17) is 4.74 Å². The van der Waals surface area contributed by atoms with Crippen LogP contribution < -0.4 is 5.32 Å². The fourth-order valence-electron chi connectivity index (χ4n) is 1.41. The maximum absolute atomic E-state index is 11.9. The van der Waals surface area contributed by atoms with Crippen LogP contribution >= 0.6 is 0 Å². The monoisotopic (exact) mass is 270 g/mol. The molecule has 0 saturated heterocycles. The lowest BCUT2D eigenvalue weighted by atomic mass is 10.2. The number of nitrogens with zero attached hydrogens (tertiary/aromatic N) is 1. The maximum atomic E-state index is 11.9. The zero-order chi connectivity index (χ0) is 14.2. The van der Waals surface area contributed by atoms with Crippen LogP contribution in [0.15, 0.2) is 0 Å². The number of hydrogen-bond acceptors (Lipinski definition) is 3. The summed E-state index contributed by atoms with van der Waals surface area (Å²) in [6.45, 7) is 3.07. The van der Waals surface area contributed by atoms with Gasteiger partial charge in [0.2, 0.25) is 5.91 Å². The van der Waals surface area contributed by atoms with E-state index in [0.29, 0.717) is 13.2 Å². The summed E-state index contributed by atoms with van der Waals surface area (Å²) in [5.41, 5.74) is 0. The van der Waals surface area contributed by atoms with Crippen molar-refractivity contribution in [3.05, 3.63) is 0 Å². The van der Waals surface area contributed by atoms with E-state index in [1.165, 1.54) is 12.0 Å². The molecule has 1 N–H and O–H groups in total. The highest BCUT2D eigenvalue weighted by Crippen LogP contribution is 2.12. The van der Waals surface area contributed by atoms with Gasteiger partial charge >= 0.3 is 6.18 Å². The van der Waals surface area contributed by atoms with Gasteiger partial charge in [-0.2, -0.15) is 13.2 Å². The Hall–Kier alpha value is -0.820. The number of halogens is 3. The summed E-state index contributed by atoms with van der Waals surface area (Å²) in [6.07, 6.45) is -3.55. The molecule has 1 amide bonds. The Morgan fingerprint density at radius 3 is 2.50 bits per heavy atom. The third-order valence-electron chi connectivity index (χ3n) is 2.58. The molecular formula is C11H21F3N2O2. The van der Waals surface area contributed by atoms with E-state index in [0.717, 1.165) is 6.42 Å². The van der Waals surface area contributed by atoms with Crippen LogP contribution in [-0.4, -0.2) is 56.4 Å². The Morgan fingerprint density at radius 2 is 2.06 bits per heavy atom. The number of amides is 1. The first-order chi connectivity index (χ1) is 8.31. The molecule has 0 aliphatic heterocycles. The summed E-state index contributed by atoms with van der Waals surface area (Å²) in [4.78, 5) is 13.3. The minimum absolute atomic E-state index is 0.0136. The molecule has 0 aromatic heterocycles. The molecule has 0 aromatic rings. The molecule has 108 valence electrons. The zero-order valence-corrected chi connectivity index (χ0v) is 11.0. The van der Waals surface area contributed by atoms with Crippen LogP contribution in [0.3, 0.4) is 0 Å². The minimum Gasteiger partial charge on any atom is -0.383 e. The van der Waals surface area contributed by atoms with Crippen LogP contribution in [0.2, 0.25) is 0 Å². The smallest absolute Gasteiger partial charge is 0.383 e. The van der Waals surface area contributed by atoms with Crippen molar-refractivity contribution >= 4 is 5.91 Å². The fourth-order valence-corrected chi connectivity index (χ4v) is 1.41. The van der Waals surface area contributed by atoms with Crippen molar-refractivity contribution in [2.75, 3.05) is 33.4 Å². The van der Waals surface area contributed by atoms with Gasteiger partial charge in [-0.15, -0.1) is 0 Å². The Morgan fingerprint density at radius 1 is 1.44 bits per heavy atom. The van der Waals surface area contributed by atoms with E-state index in [9.17, 15) is 18.0 Å². The van der Waals surface area contributed by atoms with Crippen molar-refractivity contribution in [1.29, 1.82) is 0 Å². The summed E-state index contributed by atoms with van der Waals surface area (Å²) in [5, 5.41) is 2.10. The topological polar surface area (TPSA) is 41.6 Å². The number of hydrogen-bond donors (Lipinski definition) is 1. The van der Waals surface area contributed by atoms with Crippen molar-refractivity contribution in [3.63, 3.8) is 0 Å². The van der Waals surface area contributed by atoms with E-state index in [1.807, 2.05) is 13.8 Å². The lowest BCUT2D eigenvalue weighted by molar-refractivity contribution is -0.136. The SMILES string of the molecule is CCC(C)N(CCOC)C(=O)CNCC(F)(F)F. The summed E-state index contributed by atoms with van der Waals surface area (Å²) in [7, 11) is 1.52. The molecule has 0 heterocycles. The van der Waals surface area contributed by atoms with Gasteiger partial charge in [0.25, 0.3) is 0 Å². The van der Waals surface area contributed by atoms with Crippen LogP contribution in [-0.2, 0) is 9.53 Å². The van der Waals surface area contributed by atoms with Crippen molar-refractivity contribution in [2.45, 2.75) is 32.5 Å². The van der Waals surface area contributed by atoms with Gasteiger partial charge < -0.3 is 15.0 Å². The molecule has 4 nitrogen and oxygen atoms in total. The second-order valence-electron chi connectivity index (χ2n) is 4.06. The maximum Gasteiger partial charge on any atom is 0.401 e. The number of rotatable bonds is 8. The standard InChI is InChI=1S/C11H21F3N2O2/c1-4-9(2)16(5-6-18-3)10(17)7-15-8-11(12,13)14/h9,15H,4-8H2,1-3H3.